The molecule has 2 N–H and O–H groups in total. The Labute approximate surface area is 208 Å². The number of fused-ring (bicyclic) bond motifs is 1. The van der Waals surface area contributed by atoms with Crippen LogP contribution in [0.5, 0.6) is 0 Å². The molecule has 9 heteroatoms. The molecule has 1 unspecified atom stereocenters. The zero-order valence-corrected chi connectivity index (χ0v) is 21.0. The van der Waals surface area contributed by atoms with Crippen molar-refractivity contribution < 1.29 is 5.11 Å². The number of rotatable bonds is 7. The Morgan fingerprint density at radius 2 is 2.03 bits per heavy atom. The van der Waals surface area contributed by atoms with E-state index in [1.54, 1.807) is 17.4 Å². The van der Waals surface area contributed by atoms with E-state index in [9.17, 15) is 5.11 Å². The van der Waals surface area contributed by atoms with Gasteiger partial charge in [0, 0.05) is 36.2 Å². The number of likely N-dealkylation sites (tertiary alicyclic amines) is 1. The zero-order valence-electron chi connectivity index (χ0n) is 18.7. The van der Waals surface area contributed by atoms with Crippen LogP contribution in [0.2, 0.25) is 10.0 Å². The Morgan fingerprint density at radius 3 is 2.82 bits per heavy atom. The van der Waals surface area contributed by atoms with Gasteiger partial charge in [-0.15, -0.1) is 11.3 Å². The van der Waals surface area contributed by atoms with Crippen LogP contribution < -0.4 is 10.2 Å². The molecule has 6 nitrogen and oxygen atoms in total. The average molecular weight is 507 g/mol. The predicted molar refractivity (Wildman–Crippen MR) is 138 cm³/mol. The summed E-state index contributed by atoms with van der Waals surface area (Å²) < 4.78 is 0. The van der Waals surface area contributed by atoms with Gasteiger partial charge in [-0.05, 0) is 67.3 Å². The molecule has 2 aliphatic rings. The molecule has 4 heterocycles. The maximum Gasteiger partial charge on any atom is 0.228 e. The fraction of sp³-hybridized carbons (Fsp3) is 0.500. The van der Waals surface area contributed by atoms with Crippen molar-refractivity contribution in [3.05, 3.63) is 45.3 Å². The molecule has 5 rings (SSSR count). The average Bonchev–Trinajstić information content (AvgIpc) is 3.22. The SMILES string of the molecule is CC(Nc1nc(N2CC([C@H]3CCCN(CCO)C3)C2)nc2sccc12)c1ccc(Cl)cc1Cl. The van der Waals surface area contributed by atoms with Crippen LogP contribution in [0, 0.1) is 11.8 Å². The molecule has 0 aliphatic carbocycles. The van der Waals surface area contributed by atoms with Gasteiger partial charge in [0.1, 0.15) is 10.6 Å². The first kappa shape index (κ1) is 23.1. The number of aliphatic hydroxyl groups is 1. The minimum Gasteiger partial charge on any atom is -0.395 e. The number of halogens is 2. The molecule has 0 saturated carbocycles. The van der Waals surface area contributed by atoms with Crippen molar-refractivity contribution in [3.63, 3.8) is 0 Å². The number of β-amino-alcohol motifs (C(OH)–C–C–N with tert-alkyl or cyclic N) is 1. The Morgan fingerprint density at radius 1 is 1.18 bits per heavy atom. The smallest absolute Gasteiger partial charge is 0.228 e. The van der Waals surface area contributed by atoms with E-state index in [2.05, 4.69) is 33.5 Å². The second-order valence-electron chi connectivity index (χ2n) is 9.14. The van der Waals surface area contributed by atoms with Crippen molar-refractivity contribution in [3.8, 4) is 0 Å². The summed E-state index contributed by atoms with van der Waals surface area (Å²) in [5, 5.41) is 17.2. The third-order valence-corrected chi connectivity index (χ3v) is 8.28. The van der Waals surface area contributed by atoms with E-state index < -0.39 is 0 Å². The van der Waals surface area contributed by atoms with Crippen LogP contribution in [-0.4, -0.2) is 59.3 Å². The Bertz CT molecular complexity index is 1120. The number of hydrogen-bond donors (Lipinski definition) is 2. The van der Waals surface area contributed by atoms with Gasteiger partial charge < -0.3 is 20.2 Å². The fourth-order valence-electron chi connectivity index (χ4n) is 5.03. The molecule has 1 aromatic carbocycles. The maximum absolute atomic E-state index is 9.28. The number of aliphatic hydroxyl groups excluding tert-OH is 1. The third-order valence-electron chi connectivity index (χ3n) is 6.91. The van der Waals surface area contributed by atoms with Crippen LogP contribution in [0.15, 0.2) is 29.6 Å². The van der Waals surface area contributed by atoms with Crippen LogP contribution in [0.25, 0.3) is 10.2 Å². The van der Waals surface area contributed by atoms with Crippen molar-refractivity contribution in [2.45, 2.75) is 25.8 Å². The minimum atomic E-state index is -0.0236. The van der Waals surface area contributed by atoms with Crippen molar-refractivity contribution >= 4 is 56.5 Å². The first-order chi connectivity index (χ1) is 16.0. The molecule has 2 fully saturated rings. The molecular formula is C24H29Cl2N5OS. The van der Waals surface area contributed by atoms with E-state index in [1.807, 2.05) is 12.1 Å². The number of piperidine rings is 1. The maximum atomic E-state index is 9.28. The standard InChI is InChI=1S/C24H29Cl2N5OS/c1-15(19-5-4-18(25)11-21(19)26)27-22-20-6-10-33-23(20)29-24(28-22)31-13-17(14-31)16-3-2-7-30(12-16)8-9-32/h4-6,10-11,15-17,32H,2-3,7-9,12-14H2,1H3,(H,27,28,29)/t15?,16-/m0/s1. The Hall–Kier alpha value is -1.64. The molecule has 2 aromatic heterocycles. The van der Waals surface area contributed by atoms with Crippen LogP contribution in [-0.2, 0) is 0 Å². The van der Waals surface area contributed by atoms with Crippen molar-refractivity contribution in [2.24, 2.45) is 11.8 Å². The van der Waals surface area contributed by atoms with E-state index in [-0.39, 0.29) is 12.6 Å². The van der Waals surface area contributed by atoms with Gasteiger partial charge in [0.05, 0.1) is 18.0 Å². The summed E-state index contributed by atoms with van der Waals surface area (Å²) in [6, 6.07) is 7.64. The zero-order chi connectivity index (χ0) is 22.9. The van der Waals surface area contributed by atoms with E-state index >= 15 is 0 Å². The van der Waals surface area contributed by atoms with Crippen molar-refractivity contribution in [1.82, 2.24) is 14.9 Å². The van der Waals surface area contributed by atoms with Gasteiger partial charge >= 0.3 is 0 Å². The molecule has 176 valence electrons. The van der Waals surface area contributed by atoms with Crippen LogP contribution >= 0.6 is 34.5 Å². The van der Waals surface area contributed by atoms with Crippen LogP contribution in [0.3, 0.4) is 0 Å². The lowest BCUT2D eigenvalue weighted by Crippen LogP contribution is -2.54. The summed E-state index contributed by atoms with van der Waals surface area (Å²) in [4.78, 5) is 15.5. The molecule has 0 spiro atoms. The molecule has 0 radical (unpaired) electrons. The minimum absolute atomic E-state index is 0.0236. The summed E-state index contributed by atoms with van der Waals surface area (Å²) in [5.41, 5.74) is 0.985. The number of thiophene rings is 1. The predicted octanol–water partition coefficient (Wildman–Crippen LogP) is 5.31. The van der Waals surface area contributed by atoms with E-state index in [1.165, 1.54) is 12.8 Å². The van der Waals surface area contributed by atoms with Gasteiger partial charge in [0.2, 0.25) is 5.95 Å². The monoisotopic (exact) mass is 505 g/mol. The highest BCUT2D eigenvalue weighted by Gasteiger charge is 2.37. The second-order valence-corrected chi connectivity index (χ2v) is 10.9. The van der Waals surface area contributed by atoms with Crippen molar-refractivity contribution in [1.29, 1.82) is 0 Å². The number of nitrogens with one attached hydrogen (secondary N) is 1. The van der Waals surface area contributed by atoms with E-state index in [4.69, 9.17) is 33.2 Å². The normalized spacial score (nSPS) is 20.7. The summed E-state index contributed by atoms with van der Waals surface area (Å²) >= 11 is 14.2. The molecule has 33 heavy (non-hydrogen) atoms. The van der Waals surface area contributed by atoms with Gasteiger partial charge in [-0.25, -0.2) is 4.98 Å². The van der Waals surface area contributed by atoms with Crippen LogP contribution in [0.1, 0.15) is 31.4 Å². The molecule has 3 aromatic rings. The molecule has 2 aliphatic heterocycles. The lowest BCUT2D eigenvalue weighted by Gasteiger charge is -2.46. The summed E-state index contributed by atoms with van der Waals surface area (Å²) in [6.45, 7) is 7.30. The summed E-state index contributed by atoms with van der Waals surface area (Å²) in [6.07, 6.45) is 2.50. The largest absolute Gasteiger partial charge is 0.395 e. The Kier molecular flexibility index (Phi) is 6.95. The molecule has 2 atom stereocenters. The first-order valence-electron chi connectivity index (χ1n) is 11.6. The van der Waals surface area contributed by atoms with Gasteiger partial charge in [-0.1, -0.05) is 29.3 Å². The van der Waals surface area contributed by atoms with Gasteiger partial charge in [0.25, 0.3) is 0 Å². The molecule has 2 saturated heterocycles. The first-order valence-corrected chi connectivity index (χ1v) is 13.2. The number of benzene rings is 1. The summed E-state index contributed by atoms with van der Waals surface area (Å²) in [5.74, 6) is 2.99. The molecular weight excluding hydrogens is 477 g/mol. The number of nitrogens with zero attached hydrogens (tertiary/aromatic N) is 4. The molecule has 0 bridgehead atoms. The highest BCUT2D eigenvalue weighted by Crippen LogP contribution is 2.36. The van der Waals surface area contributed by atoms with Gasteiger partial charge in [0.15, 0.2) is 0 Å². The number of anilines is 2. The third kappa shape index (κ3) is 4.93. The van der Waals surface area contributed by atoms with E-state index in [0.717, 1.165) is 60.3 Å². The topological polar surface area (TPSA) is 64.5 Å². The second kappa shape index (κ2) is 9.92. The lowest BCUT2D eigenvalue weighted by atomic mass is 9.81. The highest BCUT2D eigenvalue weighted by atomic mass is 35.5. The van der Waals surface area contributed by atoms with Crippen LogP contribution in [0.4, 0.5) is 11.8 Å². The van der Waals surface area contributed by atoms with Crippen molar-refractivity contribution in [2.75, 3.05) is 49.5 Å². The van der Waals surface area contributed by atoms with E-state index in [0.29, 0.717) is 21.9 Å². The van der Waals surface area contributed by atoms with Gasteiger partial charge in [-0.2, -0.15) is 4.98 Å². The number of aromatic nitrogens is 2. The quantitative estimate of drug-likeness (QED) is 0.453. The van der Waals surface area contributed by atoms with Gasteiger partial charge in [-0.3, -0.25) is 0 Å². The highest BCUT2D eigenvalue weighted by molar-refractivity contribution is 7.16. The Balaban J connectivity index is 1.30. The molecule has 0 amide bonds. The fourth-order valence-corrected chi connectivity index (χ4v) is 6.36. The lowest BCUT2D eigenvalue weighted by molar-refractivity contribution is 0.101. The summed E-state index contributed by atoms with van der Waals surface area (Å²) in [7, 11) is 0. The number of hydrogen-bond acceptors (Lipinski definition) is 7.